The molecule has 1 heterocycles. The zero-order valence-corrected chi connectivity index (χ0v) is 16.1. The predicted molar refractivity (Wildman–Crippen MR) is 108 cm³/mol. The van der Waals surface area contributed by atoms with Crippen molar-refractivity contribution in [2.24, 2.45) is 0 Å². The van der Waals surface area contributed by atoms with Crippen LogP contribution in [0.1, 0.15) is 22.3 Å². The lowest BCUT2D eigenvalue weighted by Gasteiger charge is -2.32. The lowest BCUT2D eigenvalue weighted by Crippen LogP contribution is -2.44. The molecule has 0 spiro atoms. The van der Waals surface area contributed by atoms with Crippen LogP contribution in [0.3, 0.4) is 0 Å². The lowest BCUT2D eigenvalue weighted by atomic mass is 10.1. The van der Waals surface area contributed by atoms with Crippen molar-refractivity contribution in [3.05, 3.63) is 70.8 Å². The van der Waals surface area contributed by atoms with Crippen LogP contribution in [0, 0.1) is 11.3 Å². The first-order valence-electron chi connectivity index (χ1n) is 8.92. The minimum Gasteiger partial charge on any atom is -0.309 e. The highest BCUT2D eigenvalue weighted by Gasteiger charge is 2.15. The van der Waals surface area contributed by atoms with Crippen molar-refractivity contribution in [1.82, 2.24) is 15.1 Å². The first-order valence-corrected chi connectivity index (χ1v) is 8.92. The molecule has 2 aromatic rings. The fourth-order valence-electron chi connectivity index (χ4n) is 3.22. The van der Waals surface area contributed by atoms with Crippen molar-refractivity contribution < 1.29 is 0 Å². The summed E-state index contributed by atoms with van der Waals surface area (Å²) in [5, 5.41) is 12.5. The topological polar surface area (TPSA) is 42.3 Å². The van der Waals surface area contributed by atoms with Crippen LogP contribution < -0.4 is 5.32 Å². The predicted octanol–water partition coefficient (Wildman–Crippen LogP) is 3.02. The summed E-state index contributed by atoms with van der Waals surface area (Å²) in [6, 6.07) is 18.7. The van der Waals surface area contributed by atoms with Gasteiger partial charge in [0.05, 0.1) is 11.6 Å². The summed E-state index contributed by atoms with van der Waals surface area (Å²) in [6.45, 7) is 7.22. The summed E-state index contributed by atoms with van der Waals surface area (Å²) >= 11 is 0. The van der Waals surface area contributed by atoms with Crippen LogP contribution in [0.25, 0.3) is 0 Å². The minimum atomic E-state index is 0. The third-order valence-corrected chi connectivity index (χ3v) is 4.81. The molecule has 0 amide bonds. The monoisotopic (exact) mass is 370 g/mol. The van der Waals surface area contributed by atoms with Crippen LogP contribution in [-0.2, 0) is 19.6 Å². The average Bonchev–Trinajstić information content (AvgIpc) is 2.65. The zero-order chi connectivity index (χ0) is 17.5. The normalized spacial score (nSPS) is 15.2. The molecule has 2 aromatic carbocycles. The molecule has 1 saturated heterocycles. The smallest absolute Gasteiger partial charge is 0.0991 e. The third-order valence-electron chi connectivity index (χ3n) is 4.81. The molecule has 0 unspecified atom stereocenters. The summed E-state index contributed by atoms with van der Waals surface area (Å²) in [6.07, 6.45) is 0. The molecule has 1 fully saturated rings. The van der Waals surface area contributed by atoms with Crippen LogP contribution in [0.5, 0.6) is 0 Å². The number of piperazine rings is 1. The third kappa shape index (κ3) is 5.82. The SMILES string of the molecule is CN1CCN(Cc2ccccc2CNCc2cccc(C#N)c2)CC1.Cl. The molecule has 0 aliphatic carbocycles. The Morgan fingerprint density at radius 3 is 2.42 bits per heavy atom. The molecule has 1 N–H and O–H groups in total. The van der Waals surface area contributed by atoms with Crippen LogP contribution in [0.2, 0.25) is 0 Å². The summed E-state index contributed by atoms with van der Waals surface area (Å²) < 4.78 is 0. The van der Waals surface area contributed by atoms with Gasteiger partial charge < -0.3 is 10.2 Å². The molecule has 4 nitrogen and oxygen atoms in total. The van der Waals surface area contributed by atoms with Gasteiger partial charge in [-0.15, -0.1) is 12.4 Å². The molecule has 0 saturated carbocycles. The summed E-state index contributed by atoms with van der Waals surface area (Å²) in [4.78, 5) is 4.93. The van der Waals surface area contributed by atoms with Crippen LogP contribution in [0.15, 0.2) is 48.5 Å². The number of benzene rings is 2. The number of rotatable bonds is 6. The number of hydrogen-bond donors (Lipinski definition) is 1. The molecule has 3 rings (SSSR count). The molecule has 5 heteroatoms. The van der Waals surface area contributed by atoms with Crippen LogP contribution >= 0.6 is 12.4 Å². The van der Waals surface area contributed by atoms with Gasteiger partial charge >= 0.3 is 0 Å². The maximum Gasteiger partial charge on any atom is 0.0991 e. The van der Waals surface area contributed by atoms with E-state index in [-0.39, 0.29) is 12.4 Å². The minimum absolute atomic E-state index is 0. The fourth-order valence-corrected chi connectivity index (χ4v) is 3.22. The van der Waals surface area contributed by atoms with E-state index < -0.39 is 0 Å². The first-order chi connectivity index (χ1) is 12.2. The fraction of sp³-hybridized carbons (Fsp3) is 0.381. The molecule has 138 valence electrons. The van der Waals surface area contributed by atoms with E-state index in [0.29, 0.717) is 0 Å². The Hall–Kier alpha value is -1.90. The van der Waals surface area contributed by atoms with Crippen LogP contribution in [-0.4, -0.2) is 43.0 Å². The molecular formula is C21H27ClN4. The highest BCUT2D eigenvalue weighted by Crippen LogP contribution is 2.14. The van der Waals surface area contributed by atoms with E-state index >= 15 is 0 Å². The Kier molecular flexibility index (Phi) is 8.08. The van der Waals surface area contributed by atoms with E-state index in [2.05, 4.69) is 58.6 Å². The van der Waals surface area contributed by atoms with E-state index in [9.17, 15) is 0 Å². The number of nitrogens with one attached hydrogen (secondary N) is 1. The van der Waals surface area contributed by atoms with Gasteiger partial charge in [-0.3, -0.25) is 4.90 Å². The van der Waals surface area contributed by atoms with Gasteiger partial charge in [0.2, 0.25) is 0 Å². The van der Waals surface area contributed by atoms with Gasteiger partial charge in [-0.05, 0) is 35.9 Å². The number of likely N-dealkylation sites (N-methyl/N-ethyl adjacent to an activating group) is 1. The number of nitriles is 1. The van der Waals surface area contributed by atoms with Gasteiger partial charge in [-0.1, -0.05) is 36.4 Å². The Morgan fingerprint density at radius 1 is 0.962 bits per heavy atom. The maximum absolute atomic E-state index is 9.00. The summed E-state index contributed by atoms with van der Waals surface area (Å²) in [5.74, 6) is 0. The molecular weight excluding hydrogens is 344 g/mol. The Labute approximate surface area is 162 Å². The second kappa shape index (κ2) is 10.3. The van der Waals surface area contributed by atoms with E-state index in [1.54, 1.807) is 0 Å². The Balaban J connectivity index is 0.00000243. The van der Waals surface area contributed by atoms with Gasteiger partial charge in [-0.25, -0.2) is 0 Å². The van der Waals surface area contributed by atoms with Crippen LogP contribution in [0.4, 0.5) is 0 Å². The quantitative estimate of drug-likeness (QED) is 0.848. The van der Waals surface area contributed by atoms with Crippen molar-refractivity contribution in [3.63, 3.8) is 0 Å². The van der Waals surface area contributed by atoms with Crippen molar-refractivity contribution in [2.75, 3.05) is 33.2 Å². The molecule has 1 aliphatic rings. The first kappa shape index (κ1) is 20.4. The average molecular weight is 371 g/mol. The van der Waals surface area contributed by atoms with Crippen molar-refractivity contribution in [1.29, 1.82) is 5.26 Å². The second-order valence-electron chi connectivity index (χ2n) is 6.76. The van der Waals surface area contributed by atoms with Crippen molar-refractivity contribution in [3.8, 4) is 6.07 Å². The molecule has 0 aromatic heterocycles. The zero-order valence-electron chi connectivity index (χ0n) is 15.3. The highest BCUT2D eigenvalue weighted by atomic mass is 35.5. The number of halogens is 1. The van der Waals surface area contributed by atoms with Gasteiger partial charge in [-0.2, -0.15) is 5.26 Å². The molecule has 0 atom stereocenters. The van der Waals surface area contributed by atoms with E-state index in [0.717, 1.165) is 56.9 Å². The standard InChI is InChI=1S/C21H26N4.ClH/c1-24-9-11-25(12-10-24)17-21-8-3-2-7-20(21)16-23-15-19-6-4-5-18(13-19)14-22;/h2-8,13,23H,9-12,15-17H2,1H3;1H. The van der Waals surface area contributed by atoms with Gasteiger partial charge in [0, 0.05) is 45.8 Å². The second-order valence-corrected chi connectivity index (χ2v) is 6.76. The Morgan fingerprint density at radius 2 is 1.69 bits per heavy atom. The molecule has 0 radical (unpaired) electrons. The lowest BCUT2D eigenvalue weighted by molar-refractivity contribution is 0.148. The molecule has 26 heavy (non-hydrogen) atoms. The van der Waals surface area contributed by atoms with Gasteiger partial charge in [0.15, 0.2) is 0 Å². The van der Waals surface area contributed by atoms with Crippen molar-refractivity contribution >= 4 is 12.4 Å². The summed E-state index contributed by atoms with van der Waals surface area (Å²) in [7, 11) is 2.19. The number of hydrogen-bond acceptors (Lipinski definition) is 4. The summed E-state index contributed by atoms with van der Waals surface area (Å²) in [5.41, 5.74) is 4.63. The van der Waals surface area contributed by atoms with E-state index in [1.165, 1.54) is 11.1 Å². The molecule has 0 bridgehead atoms. The molecule has 1 aliphatic heterocycles. The Bertz CT molecular complexity index is 733. The van der Waals surface area contributed by atoms with E-state index in [1.807, 2.05) is 18.2 Å². The number of nitrogens with zero attached hydrogens (tertiary/aromatic N) is 3. The van der Waals surface area contributed by atoms with Gasteiger partial charge in [0.25, 0.3) is 0 Å². The van der Waals surface area contributed by atoms with Crippen molar-refractivity contribution in [2.45, 2.75) is 19.6 Å². The largest absolute Gasteiger partial charge is 0.309 e. The van der Waals surface area contributed by atoms with Gasteiger partial charge in [0.1, 0.15) is 0 Å². The highest BCUT2D eigenvalue weighted by molar-refractivity contribution is 5.85. The maximum atomic E-state index is 9.00. The van der Waals surface area contributed by atoms with E-state index in [4.69, 9.17) is 5.26 Å².